The van der Waals surface area contributed by atoms with E-state index in [0.717, 1.165) is 36.7 Å². The molecular weight excluding hydrogens is 244 g/mol. The number of aromatic nitrogens is 1. The predicted octanol–water partition coefficient (Wildman–Crippen LogP) is 4.00. The van der Waals surface area contributed by atoms with Crippen LogP contribution in [0.1, 0.15) is 68.3 Å². The zero-order chi connectivity index (χ0) is 13.5. The molecule has 0 saturated heterocycles. The second kappa shape index (κ2) is 7.87. The van der Waals surface area contributed by atoms with Crippen molar-refractivity contribution in [3.05, 3.63) is 15.6 Å². The Balaban J connectivity index is 2.79. The molecule has 1 N–H and O–H groups in total. The van der Waals surface area contributed by atoms with Gasteiger partial charge in [0.05, 0.1) is 5.69 Å². The molecule has 1 heterocycles. The molecule has 4 heteroatoms. The highest BCUT2D eigenvalue weighted by Crippen LogP contribution is 2.31. The van der Waals surface area contributed by atoms with Crippen LogP contribution in [0, 0.1) is 6.92 Å². The molecule has 0 fully saturated rings. The molecule has 2 atom stereocenters. The van der Waals surface area contributed by atoms with Crippen molar-refractivity contribution in [3.8, 4) is 0 Å². The van der Waals surface area contributed by atoms with Gasteiger partial charge in [-0.1, -0.05) is 13.8 Å². The van der Waals surface area contributed by atoms with Crippen LogP contribution in [-0.4, -0.2) is 18.1 Å². The van der Waals surface area contributed by atoms with Crippen molar-refractivity contribution in [2.24, 2.45) is 0 Å². The minimum atomic E-state index is 0.158. The third-order valence-electron chi connectivity index (χ3n) is 2.96. The van der Waals surface area contributed by atoms with Gasteiger partial charge in [-0.25, -0.2) is 4.98 Å². The monoisotopic (exact) mass is 270 g/mol. The van der Waals surface area contributed by atoms with Crippen molar-refractivity contribution in [2.75, 3.05) is 13.2 Å². The summed E-state index contributed by atoms with van der Waals surface area (Å²) in [6.45, 7) is 12.5. The molecule has 0 bridgehead atoms. The molecule has 0 saturated carbocycles. The fraction of sp³-hybridized carbons (Fsp3) is 0.786. The molecule has 0 spiro atoms. The summed E-state index contributed by atoms with van der Waals surface area (Å²) in [5.41, 5.74) is 1.14. The van der Waals surface area contributed by atoms with Gasteiger partial charge in [0.1, 0.15) is 11.1 Å². The first-order chi connectivity index (χ1) is 8.63. The Kier molecular flexibility index (Phi) is 6.82. The van der Waals surface area contributed by atoms with E-state index in [0.29, 0.717) is 6.04 Å². The van der Waals surface area contributed by atoms with Gasteiger partial charge in [-0.2, -0.15) is 0 Å². The van der Waals surface area contributed by atoms with Gasteiger partial charge in [0.15, 0.2) is 0 Å². The summed E-state index contributed by atoms with van der Waals surface area (Å²) in [5, 5.41) is 4.64. The predicted molar refractivity (Wildman–Crippen MR) is 78.2 cm³/mol. The third-order valence-corrected chi connectivity index (χ3v) is 4.39. The maximum absolute atomic E-state index is 5.73. The molecule has 1 rings (SSSR count). The normalized spacial score (nSPS) is 14.7. The maximum atomic E-state index is 5.73. The number of nitrogens with one attached hydrogen (secondary N) is 1. The third kappa shape index (κ3) is 4.04. The number of hydrogen-bond acceptors (Lipinski definition) is 4. The molecule has 0 aliphatic heterocycles. The van der Waals surface area contributed by atoms with Crippen LogP contribution in [-0.2, 0) is 4.74 Å². The Morgan fingerprint density at radius 3 is 2.61 bits per heavy atom. The number of aryl methyl sites for hydroxylation is 1. The summed E-state index contributed by atoms with van der Waals surface area (Å²) in [4.78, 5) is 6.03. The van der Waals surface area contributed by atoms with E-state index in [4.69, 9.17) is 4.74 Å². The van der Waals surface area contributed by atoms with Gasteiger partial charge in [0, 0.05) is 17.5 Å². The summed E-state index contributed by atoms with van der Waals surface area (Å²) in [6.07, 6.45) is 2.30. The molecule has 3 nitrogen and oxygen atoms in total. The average molecular weight is 270 g/mol. The topological polar surface area (TPSA) is 34.1 Å². The highest BCUT2D eigenvalue weighted by Gasteiger charge is 2.19. The first-order valence-corrected chi connectivity index (χ1v) is 7.77. The van der Waals surface area contributed by atoms with E-state index in [2.05, 4.69) is 38.0 Å². The van der Waals surface area contributed by atoms with E-state index in [9.17, 15) is 0 Å². The quantitative estimate of drug-likeness (QED) is 0.775. The largest absolute Gasteiger partial charge is 0.371 e. The molecule has 1 aromatic heterocycles. The maximum Gasteiger partial charge on any atom is 0.122 e. The fourth-order valence-electron chi connectivity index (χ4n) is 1.99. The number of ether oxygens (including phenoxy) is 1. The molecule has 104 valence electrons. The van der Waals surface area contributed by atoms with Crippen LogP contribution in [0.4, 0.5) is 0 Å². The van der Waals surface area contributed by atoms with E-state index in [1.807, 2.05) is 6.92 Å². The van der Waals surface area contributed by atoms with Crippen LogP contribution >= 0.6 is 11.3 Å². The first-order valence-electron chi connectivity index (χ1n) is 6.96. The van der Waals surface area contributed by atoms with Crippen molar-refractivity contribution >= 4 is 11.3 Å². The van der Waals surface area contributed by atoms with Crippen LogP contribution in [0.5, 0.6) is 0 Å². The SMILES string of the molecule is CCCNC(C)c1sc(C(CC)OCC)nc1C. The van der Waals surface area contributed by atoms with Gasteiger partial charge >= 0.3 is 0 Å². The van der Waals surface area contributed by atoms with Gasteiger partial charge < -0.3 is 10.1 Å². The smallest absolute Gasteiger partial charge is 0.122 e. The van der Waals surface area contributed by atoms with Gasteiger partial charge in [-0.05, 0) is 40.2 Å². The minimum Gasteiger partial charge on any atom is -0.371 e. The van der Waals surface area contributed by atoms with Crippen molar-refractivity contribution in [3.63, 3.8) is 0 Å². The van der Waals surface area contributed by atoms with E-state index >= 15 is 0 Å². The minimum absolute atomic E-state index is 0.158. The second-order valence-corrected chi connectivity index (χ2v) is 5.59. The molecular formula is C14H26N2OS. The van der Waals surface area contributed by atoms with Gasteiger partial charge in [-0.15, -0.1) is 11.3 Å². The molecule has 0 aliphatic carbocycles. The van der Waals surface area contributed by atoms with Crippen LogP contribution < -0.4 is 5.32 Å². The van der Waals surface area contributed by atoms with E-state index in [1.54, 1.807) is 11.3 Å². The van der Waals surface area contributed by atoms with Crippen LogP contribution in [0.15, 0.2) is 0 Å². The molecule has 0 aromatic carbocycles. The number of hydrogen-bond donors (Lipinski definition) is 1. The second-order valence-electron chi connectivity index (χ2n) is 4.53. The lowest BCUT2D eigenvalue weighted by atomic mass is 10.2. The van der Waals surface area contributed by atoms with Gasteiger partial charge in [0.25, 0.3) is 0 Å². The van der Waals surface area contributed by atoms with Crippen LogP contribution in [0.3, 0.4) is 0 Å². The Morgan fingerprint density at radius 2 is 2.06 bits per heavy atom. The van der Waals surface area contributed by atoms with E-state index in [1.165, 1.54) is 4.88 Å². The van der Waals surface area contributed by atoms with Crippen molar-refractivity contribution in [1.82, 2.24) is 10.3 Å². The van der Waals surface area contributed by atoms with Crippen molar-refractivity contribution in [2.45, 2.75) is 59.6 Å². The molecule has 2 unspecified atom stereocenters. The summed E-state index contributed by atoms with van der Waals surface area (Å²) in [6, 6.07) is 0.385. The molecule has 18 heavy (non-hydrogen) atoms. The summed E-state index contributed by atoms with van der Waals surface area (Å²) >= 11 is 1.79. The number of thiazole rings is 1. The highest BCUT2D eigenvalue weighted by molar-refractivity contribution is 7.11. The lowest BCUT2D eigenvalue weighted by Gasteiger charge is -2.12. The van der Waals surface area contributed by atoms with Crippen LogP contribution in [0.2, 0.25) is 0 Å². The van der Waals surface area contributed by atoms with Crippen molar-refractivity contribution < 1.29 is 4.74 Å². The fourth-order valence-corrected chi connectivity index (χ4v) is 3.22. The van der Waals surface area contributed by atoms with Gasteiger partial charge in [-0.3, -0.25) is 0 Å². The van der Waals surface area contributed by atoms with Crippen molar-refractivity contribution in [1.29, 1.82) is 0 Å². The lowest BCUT2D eigenvalue weighted by molar-refractivity contribution is 0.0596. The zero-order valence-electron chi connectivity index (χ0n) is 12.2. The average Bonchev–Trinajstić information content (AvgIpc) is 2.75. The first kappa shape index (κ1) is 15.6. The van der Waals surface area contributed by atoms with Crippen LogP contribution in [0.25, 0.3) is 0 Å². The Labute approximate surface area is 115 Å². The van der Waals surface area contributed by atoms with Gasteiger partial charge in [0.2, 0.25) is 0 Å². The molecule has 1 aromatic rings. The standard InChI is InChI=1S/C14H26N2OS/c1-6-9-15-10(4)13-11(5)16-14(18-13)12(7-2)17-8-3/h10,12,15H,6-9H2,1-5H3. The number of rotatable bonds is 8. The summed E-state index contributed by atoms with van der Waals surface area (Å²) < 4.78 is 5.73. The lowest BCUT2D eigenvalue weighted by Crippen LogP contribution is -2.18. The highest BCUT2D eigenvalue weighted by atomic mass is 32.1. The number of nitrogens with zero attached hydrogens (tertiary/aromatic N) is 1. The Hall–Kier alpha value is -0.450. The van der Waals surface area contributed by atoms with E-state index in [-0.39, 0.29) is 6.10 Å². The summed E-state index contributed by atoms with van der Waals surface area (Å²) in [5.74, 6) is 0. The molecule has 0 amide bonds. The van der Waals surface area contributed by atoms with E-state index < -0.39 is 0 Å². The summed E-state index contributed by atoms with van der Waals surface area (Å²) in [7, 11) is 0. The molecule has 0 radical (unpaired) electrons. The zero-order valence-corrected chi connectivity index (χ0v) is 13.1. The Morgan fingerprint density at radius 1 is 1.33 bits per heavy atom. The Bertz CT molecular complexity index is 352. The molecule has 0 aliphatic rings.